The molecule has 2 heterocycles. The van der Waals surface area contributed by atoms with Crippen LogP contribution in [0.15, 0.2) is 46.9 Å². The Morgan fingerprint density at radius 1 is 1.22 bits per heavy atom. The molecule has 0 aliphatic rings. The van der Waals surface area contributed by atoms with Crippen LogP contribution < -0.4 is 15.4 Å². The van der Waals surface area contributed by atoms with Crippen molar-refractivity contribution >= 4 is 61.2 Å². The molecule has 0 aliphatic carbocycles. The number of fused-ring (bicyclic) bond motifs is 1. The molecule has 4 aromatic rings. The van der Waals surface area contributed by atoms with Gasteiger partial charge in [-0.3, -0.25) is 10.1 Å². The van der Waals surface area contributed by atoms with Gasteiger partial charge in [-0.2, -0.15) is 9.61 Å². The van der Waals surface area contributed by atoms with E-state index in [2.05, 4.69) is 41.9 Å². The van der Waals surface area contributed by atoms with E-state index in [4.69, 9.17) is 17.0 Å². The highest BCUT2D eigenvalue weighted by Gasteiger charge is 2.14. The smallest absolute Gasteiger partial charge is 0.257 e. The molecule has 164 valence electrons. The fraction of sp³-hybridized carbons (Fsp3) is 0.190. The second-order valence-electron chi connectivity index (χ2n) is 6.64. The highest BCUT2D eigenvalue weighted by atomic mass is 79.9. The van der Waals surface area contributed by atoms with E-state index in [9.17, 15) is 4.79 Å². The summed E-state index contributed by atoms with van der Waals surface area (Å²) in [5.41, 5.74) is 2.11. The summed E-state index contributed by atoms with van der Waals surface area (Å²) in [6.07, 6.45) is 0.755. The molecule has 8 nitrogen and oxygen atoms in total. The molecule has 32 heavy (non-hydrogen) atoms. The Balaban J connectivity index is 1.45. The second-order valence-corrected chi connectivity index (χ2v) is 8.86. The number of benzene rings is 2. The van der Waals surface area contributed by atoms with Gasteiger partial charge in [0.25, 0.3) is 5.91 Å². The maximum absolute atomic E-state index is 12.6. The van der Waals surface area contributed by atoms with E-state index in [1.165, 1.54) is 11.3 Å². The van der Waals surface area contributed by atoms with Crippen LogP contribution >= 0.6 is 39.5 Å². The Morgan fingerprint density at radius 2 is 2.06 bits per heavy atom. The highest BCUT2D eigenvalue weighted by molar-refractivity contribution is 9.10. The minimum absolute atomic E-state index is 0.198. The van der Waals surface area contributed by atoms with Crippen LogP contribution in [0.2, 0.25) is 0 Å². The number of ether oxygens (including phenoxy) is 1. The van der Waals surface area contributed by atoms with Gasteiger partial charge in [-0.25, -0.2) is 0 Å². The lowest BCUT2D eigenvalue weighted by Gasteiger charge is -2.11. The van der Waals surface area contributed by atoms with Crippen LogP contribution in [0, 0.1) is 0 Å². The minimum atomic E-state index is -0.317. The molecule has 0 radical (unpaired) electrons. The molecule has 4 rings (SSSR count). The van der Waals surface area contributed by atoms with Gasteiger partial charge in [0.1, 0.15) is 10.8 Å². The normalized spacial score (nSPS) is 10.8. The zero-order chi connectivity index (χ0) is 22.7. The average Bonchev–Trinajstić information content (AvgIpc) is 3.36. The summed E-state index contributed by atoms with van der Waals surface area (Å²) in [6, 6.07) is 12.8. The number of nitrogens with one attached hydrogen (secondary N) is 2. The lowest BCUT2D eigenvalue weighted by molar-refractivity contribution is 0.0977. The maximum atomic E-state index is 12.6. The van der Waals surface area contributed by atoms with Crippen molar-refractivity contribution in [3.63, 3.8) is 0 Å². The fourth-order valence-electron chi connectivity index (χ4n) is 2.98. The molecule has 0 saturated heterocycles. The predicted molar refractivity (Wildman–Crippen MR) is 132 cm³/mol. The van der Waals surface area contributed by atoms with Crippen LogP contribution in [-0.4, -0.2) is 37.4 Å². The molecule has 0 spiro atoms. The first-order valence-corrected chi connectivity index (χ1v) is 11.9. The van der Waals surface area contributed by atoms with Crippen molar-refractivity contribution in [2.75, 3.05) is 11.9 Å². The van der Waals surface area contributed by atoms with Crippen molar-refractivity contribution in [3.05, 3.63) is 58.3 Å². The number of aryl methyl sites for hydroxylation is 1. The first kappa shape index (κ1) is 22.3. The van der Waals surface area contributed by atoms with E-state index in [1.807, 2.05) is 38.1 Å². The van der Waals surface area contributed by atoms with Gasteiger partial charge in [0, 0.05) is 23.2 Å². The number of amides is 1. The van der Waals surface area contributed by atoms with E-state index < -0.39 is 0 Å². The summed E-state index contributed by atoms with van der Waals surface area (Å²) in [4.78, 5) is 13.3. The Hall–Kier alpha value is -2.89. The number of aromatic nitrogens is 4. The molecule has 2 N–H and O–H groups in total. The molecular formula is C21H19BrN6O2S2. The van der Waals surface area contributed by atoms with E-state index in [0.717, 1.165) is 33.5 Å². The number of carbonyl (C=O) groups is 1. The molecule has 0 unspecified atom stereocenters. The number of halogens is 1. The topological polar surface area (TPSA) is 93.4 Å². The largest absolute Gasteiger partial charge is 0.493 e. The maximum Gasteiger partial charge on any atom is 0.257 e. The predicted octanol–water partition coefficient (Wildman–Crippen LogP) is 4.70. The van der Waals surface area contributed by atoms with Crippen LogP contribution in [0.1, 0.15) is 30.0 Å². The summed E-state index contributed by atoms with van der Waals surface area (Å²) in [5, 5.41) is 19.7. The molecule has 0 atom stereocenters. The Bertz CT molecular complexity index is 1300. The Morgan fingerprint density at radius 3 is 2.81 bits per heavy atom. The van der Waals surface area contributed by atoms with Crippen LogP contribution in [0.25, 0.3) is 15.5 Å². The van der Waals surface area contributed by atoms with E-state index >= 15 is 0 Å². The second kappa shape index (κ2) is 9.72. The molecule has 0 saturated carbocycles. The van der Waals surface area contributed by atoms with Gasteiger partial charge in [-0.05, 0) is 65.4 Å². The summed E-state index contributed by atoms with van der Waals surface area (Å²) in [6.45, 7) is 4.46. The van der Waals surface area contributed by atoms with Crippen LogP contribution in [0.3, 0.4) is 0 Å². The molecule has 0 fully saturated rings. The molecule has 0 aliphatic heterocycles. The fourth-order valence-corrected chi connectivity index (χ4v) is 4.54. The van der Waals surface area contributed by atoms with E-state index in [1.54, 1.807) is 22.7 Å². The number of rotatable bonds is 6. The van der Waals surface area contributed by atoms with Crippen molar-refractivity contribution in [2.24, 2.45) is 0 Å². The third-order valence-electron chi connectivity index (χ3n) is 4.46. The molecule has 2 aromatic heterocycles. The van der Waals surface area contributed by atoms with Gasteiger partial charge in [0.05, 0.1) is 11.1 Å². The van der Waals surface area contributed by atoms with Gasteiger partial charge in [-0.15, -0.1) is 10.2 Å². The number of anilines is 1. The third-order valence-corrected chi connectivity index (χ3v) is 6.23. The number of hydrogen-bond acceptors (Lipinski definition) is 7. The van der Waals surface area contributed by atoms with Gasteiger partial charge >= 0.3 is 0 Å². The highest BCUT2D eigenvalue weighted by Crippen LogP contribution is 2.28. The lowest BCUT2D eigenvalue weighted by atomic mass is 10.2. The third kappa shape index (κ3) is 4.79. The quantitative estimate of drug-likeness (QED) is 0.349. The van der Waals surface area contributed by atoms with Crippen LogP contribution in [0.4, 0.5) is 5.69 Å². The number of hydrogen-bond donors (Lipinski definition) is 2. The first-order chi connectivity index (χ1) is 15.5. The van der Waals surface area contributed by atoms with Crippen molar-refractivity contribution in [3.8, 4) is 16.3 Å². The molecule has 0 bridgehead atoms. The zero-order valence-corrected chi connectivity index (χ0v) is 20.5. The van der Waals surface area contributed by atoms with Crippen molar-refractivity contribution in [1.82, 2.24) is 25.1 Å². The minimum Gasteiger partial charge on any atom is -0.493 e. The number of nitrogens with zero attached hydrogens (tertiary/aromatic N) is 4. The Kier molecular flexibility index (Phi) is 6.77. The first-order valence-electron chi connectivity index (χ1n) is 9.84. The Labute approximate surface area is 202 Å². The van der Waals surface area contributed by atoms with Gasteiger partial charge in [0.2, 0.25) is 4.96 Å². The van der Waals surface area contributed by atoms with Gasteiger partial charge < -0.3 is 10.1 Å². The molecule has 1 amide bonds. The summed E-state index contributed by atoms with van der Waals surface area (Å²) < 4.78 is 7.94. The standard InChI is InChI=1S/C21H19BrN6O2S2/c1-3-17-25-26-21-28(17)27-19(32-21)13-6-5-7-14(10-13)23-20(31)24-18(29)12-8-9-16(30-4-2)15(22)11-12/h5-11H,3-4H2,1-2H3,(H2,23,24,29,31). The monoisotopic (exact) mass is 530 g/mol. The summed E-state index contributed by atoms with van der Waals surface area (Å²) in [7, 11) is 0. The zero-order valence-electron chi connectivity index (χ0n) is 17.3. The summed E-state index contributed by atoms with van der Waals surface area (Å²) in [5.74, 6) is 1.18. The van der Waals surface area contributed by atoms with Crippen molar-refractivity contribution in [2.45, 2.75) is 20.3 Å². The van der Waals surface area contributed by atoms with Crippen molar-refractivity contribution < 1.29 is 9.53 Å². The number of thiocarbonyl (C=S) groups is 1. The van der Waals surface area contributed by atoms with Crippen LogP contribution in [0.5, 0.6) is 5.75 Å². The summed E-state index contributed by atoms with van der Waals surface area (Å²) >= 11 is 10.2. The lowest BCUT2D eigenvalue weighted by Crippen LogP contribution is -2.34. The van der Waals surface area contributed by atoms with Crippen LogP contribution in [-0.2, 0) is 6.42 Å². The van der Waals surface area contributed by atoms with Gasteiger partial charge in [-0.1, -0.05) is 30.4 Å². The molecule has 11 heteroatoms. The van der Waals surface area contributed by atoms with E-state index in [0.29, 0.717) is 22.4 Å². The van der Waals surface area contributed by atoms with E-state index in [-0.39, 0.29) is 11.0 Å². The van der Waals surface area contributed by atoms with Crippen molar-refractivity contribution in [1.29, 1.82) is 0 Å². The molecule has 2 aromatic carbocycles. The number of carbonyl (C=O) groups excluding carboxylic acids is 1. The SMILES string of the molecule is CCOc1ccc(C(=O)NC(=S)Nc2cccc(-c3nn4c(CC)nnc4s3)c2)cc1Br. The van der Waals surface area contributed by atoms with Gasteiger partial charge in [0.15, 0.2) is 10.9 Å². The average molecular weight is 531 g/mol. The molecular weight excluding hydrogens is 512 g/mol.